The van der Waals surface area contributed by atoms with Crippen molar-refractivity contribution in [1.82, 2.24) is 14.9 Å². The van der Waals surface area contributed by atoms with Gasteiger partial charge in [0.2, 0.25) is 5.91 Å². The zero-order chi connectivity index (χ0) is 17.4. The molecule has 0 bridgehead atoms. The van der Waals surface area contributed by atoms with Crippen LogP contribution in [0.5, 0.6) is 0 Å². The van der Waals surface area contributed by atoms with E-state index < -0.39 is 0 Å². The number of fused-ring (bicyclic) bond motifs is 1. The fraction of sp³-hybridized carbons (Fsp3) is 0.562. The first-order chi connectivity index (χ1) is 10.6. The lowest BCUT2D eigenvalue weighted by atomic mass is 10.1. The number of amides is 1. The van der Waals surface area contributed by atoms with Crippen LogP contribution < -0.4 is 10.9 Å². The normalized spacial score (nSPS) is 11.9. The first-order valence-electron chi connectivity index (χ1n) is 7.58. The van der Waals surface area contributed by atoms with Crippen LogP contribution in [-0.2, 0) is 11.3 Å². The van der Waals surface area contributed by atoms with E-state index >= 15 is 0 Å². The fourth-order valence-electron chi connectivity index (χ4n) is 2.28. The Morgan fingerprint density at radius 2 is 2.00 bits per heavy atom. The van der Waals surface area contributed by atoms with E-state index in [2.05, 4.69) is 10.3 Å². The van der Waals surface area contributed by atoms with Crippen LogP contribution in [-0.4, -0.2) is 26.8 Å². The van der Waals surface area contributed by atoms with E-state index in [-0.39, 0.29) is 22.8 Å². The van der Waals surface area contributed by atoms with Gasteiger partial charge in [-0.2, -0.15) is 0 Å². The van der Waals surface area contributed by atoms with Crippen LogP contribution >= 0.6 is 23.1 Å². The molecule has 0 aliphatic rings. The molecule has 0 saturated carbocycles. The minimum absolute atomic E-state index is 0.0157. The van der Waals surface area contributed by atoms with Crippen molar-refractivity contribution in [2.75, 3.05) is 5.75 Å². The van der Waals surface area contributed by atoms with Crippen molar-refractivity contribution < 1.29 is 4.79 Å². The molecule has 0 aliphatic carbocycles. The van der Waals surface area contributed by atoms with E-state index in [1.807, 2.05) is 41.5 Å². The van der Waals surface area contributed by atoms with Crippen molar-refractivity contribution in [3.8, 4) is 0 Å². The van der Waals surface area contributed by atoms with Gasteiger partial charge in [-0.1, -0.05) is 11.8 Å². The number of aryl methyl sites for hydroxylation is 2. The first kappa shape index (κ1) is 18.0. The highest BCUT2D eigenvalue weighted by molar-refractivity contribution is 7.99. The third-order valence-electron chi connectivity index (χ3n) is 3.42. The highest BCUT2D eigenvalue weighted by Crippen LogP contribution is 2.28. The maximum Gasteiger partial charge on any atom is 0.263 e. The molecule has 2 aromatic heterocycles. The number of hydrogen-bond donors (Lipinski definition) is 1. The molecular weight excluding hydrogens is 330 g/mol. The second-order valence-electron chi connectivity index (χ2n) is 6.49. The molecule has 0 unspecified atom stereocenters. The van der Waals surface area contributed by atoms with Crippen LogP contribution in [0.25, 0.3) is 10.2 Å². The maximum atomic E-state index is 12.7. The van der Waals surface area contributed by atoms with Crippen LogP contribution in [0.15, 0.2) is 9.95 Å². The van der Waals surface area contributed by atoms with Gasteiger partial charge < -0.3 is 5.32 Å². The van der Waals surface area contributed by atoms with Crippen LogP contribution in [0.2, 0.25) is 0 Å². The van der Waals surface area contributed by atoms with Crippen molar-refractivity contribution >= 4 is 39.2 Å². The van der Waals surface area contributed by atoms with Crippen molar-refractivity contribution in [3.05, 3.63) is 20.8 Å². The monoisotopic (exact) mass is 353 g/mol. The van der Waals surface area contributed by atoms with Gasteiger partial charge >= 0.3 is 0 Å². The Bertz CT molecular complexity index is 800. The molecule has 23 heavy (non-hydrogen) atoms. The average molecular weight is 354 g/mol. The van der Waals surface area contributed by atoms with Crippen molar-refractivity contribution in [2.45, 2.75) is 58.8 Å². The highest BCUT2D eigenvalue weighted by atomic mass is 32.2. The Morgan fingerprint density at radius 3 is 2.57 bits per heavy atom. The standard InChI is InChI=1S/C16H23N3O2S2/c1-7-19-14(21)12-9(2)10(3)23-13(12)17-15(19)22-8-11(20)18-16(4,5)6/h7-8H2,1-6H3,(H,18,20). The highest BCUT2D eigenvalue weighted by Gasteiger charge is 2.18. The molecule has 0 spiro atoms. The lowest BCUT2D eigenvalue weighted by molar-refractivity contribution is -0.119. The average Bonchev–Trinajstić information content (AvgIpc) is 2.70. The summed E-state index contributed by atoms with van der Waals surface area (Å²) in [5.74, 6) is 0.191. The summed E-state index contributed by atoms with van der Waals surface area (Å²) in [6.07, 6.45) is 0. The number of nitrogens with zero attached hydrogens (tertiary/aromatic N) is 2. The molecule has 0 fully saturated rings. The predicted molar refractivity (Wildman–Crippen MR) is 97.6 cm³/mol. The van der Waals surface area contributed by atoms with E-state index in [9.17, 15) is 9.59 Å². The van der Waals surface area contributed by atoms with Gasteiger partial charge in [0, 0.05) is 17.0 Å². The molecule has 0 saturated heterocycles. The summed E-state index contributed by atoms with van der Waals surface area (Å²) in [5.41, 5.74) is 0.728. The minimum Gasteiger partial charge on any atom is -0.351 e. The van der Waals surface area contributed by atoms with Gasteiger partial charge in [0.15, 0.2) is 5.16 Å². The smallest absolute Gasteiger partial charge is 0.263 e. The van der Waals surface area contributed by atoms with Gasteiger partial charge in [0.25, 0.3) is 5.56 Å². The molecule has 126 valence electrons. The van der Waals surface area contributed by atoms with Gasteiger partial charge in [0.05, 0.1) is 11.1 Å². The van der Waals surface area contributed by atoms with E-state index in [0.717, 1.165) is 15.3 Å². The van der Waals surface area contributed by atoms with Crippen molar-refractivity contribution in [1.29, 1.82) is 0 Å². The Kier molecular flexibility index (Phi) is 5.20. The molecule has 1 amide bonds. The number of carbonyl (C=O) groups excluding carboxylic acids is 1. The van der Waals surface area contributed by atoms with Gasteiger partial charge in [-0.25, -0.2) is 4.98 Å². The maximum absolute atomic E-state index is 12.7. The van der Waals surface area contributed by atoms with E-state index in [4.69, 9.17) is 0 Å². The summed E-state index contributed by atoms with van der Waals surface area (Å²) >= 11 is 2.84. The molecule has 0 radical (unpaired) electrons. The van der Waals surface area contributed by atoms with Crippen LogP contribution in [0, 0.1) is 13.8 Å². The molecule has 2 heterocycles. The summed E-state index contributed by atoms with van der Waals surface area (Å²) in [4.78, 5) is 31.2. The molecule has 0 aromatic carbocycles. The van der Waals surface area contributed by atoms with Crippen molar-refractivity contribution in [2.24, 2.45) is 0 Å². The summed E-state index contributed by atoms with van der Waals surface area (Å²) in [7, 11) is 0. The summed E-state index contributed by atoms with van der Waals surface area (Å²) in [6, 6.07) is 0. The third-order valence-corrected chi connectivity index (χ3v) is 5.49. The molecule has 1 N–H and O–H groups in total. The van der Waals surface area contributed by atoms with Crippen LogP contribution in [0.3, 0.4) is 0 Å². The Hall–Kier alpha value is -1.34. The zero-order valence-electron chi connectivity index (χ0n) is 14.4. The lowest BCUT2D eigenvalue weighted by Gasteiger charge is -2.20. The largest absolute Gasteiger partial charge is 0.351 e. The molecular formula is C16H23N3O2S2. The molecule has 0 aliphatic heterocycles. The summed E-state index contributed by atoms with van der Waals surface area (Å²) in [5, 5.41) is 4.23. The van der Waals surface area contributed by atoms with Gasteiger partial charge in [-0.3, -0.25) is 14.2 Å². The Morgan fingerprint density at radius 1 is 1.35 bits per heavy atom. The molecule has 5 nitrogen and oxygen atoms in total. The quantitative estimate of drug-likeness (QED) is 0.678. The third kappa shape index (κ3) is 3.95. The number of thioether (sulfide) groups is 1. The Balaban J connectivity index is 2.34. The number of hydrogen-bond acceptors (Lipinski definition) is 5. The van der Waals surface area contributed by atoms with Crippen molar-refractivity contribution in [3.63, 3.8) is 0 Å². The number of thiophene rings is 1. The number of aromatic nitrogens is 2. The summed E-state index contributed by atoms with van der Waals surface area (Å²) < 4.78 is 1.65. The Labute approximate surface area is 144 Å². The number of nitrogens with one attached hydrogen (secondary N) is 1. The van der Waals surface area contributed by atoms with Crippen LogP contribution in [0.4, 0.5) is 0 Å². The zero-order valence-corrected chi connectivity index (χ0v) is 16.1. The molecule has 2 aromatic rings. The van der Waals surface area contributed by atoms with Gasteiger partial charge in [-0.15, -0.1) is 11.3 Å². The topological polar surface area (TPSA) is 64.0 Å². The van der Waals surface area contributed by atoms with Crippen LogP contribution in [0.1, 0.15) is 38.1 Å². The van der Waals surface area contributed by atoms with Gasteiger partial charge in [0.1, 0.15) is 4.83 Å². The second-order valence-corrected chi connectivity index (χ2v) is 8.64. The fourth-order valence-corrected chi connectivity index (χ4v) is 4.22. The van der Waals surface area contributed by atoms with Gasteiger partial charge in [-0.05, 0) is 47.1 Å². The second kappa shape index (κ2) is 6.65. The summed E-state index contributed by atoms with van der Waals surface area (Å²) in [6.45, 7) is 12.3. The number of rotatable bonds is 4. The SMILES string of the molecule is CCn1c(SCC(=O)NC(C)(C)C)nc2sc(C)c(C)c2c1=O. The van der Waals surface area contributed by atoms with E-state index in [1.165, 1.54) is 23.1 Å². The van der Waals surface area contributed by atoms with E-state index in [1.54, 1.807) is 4.57 Å². The predicted octanol–water partition coefficient (Wildman–Crippen LogP) is 3.10. The first-order valence-corrected chi connectivity index (χ1v) is 9.38. The molecule has 7 heteroatoms. The molecule has 0 atom stereocenters. The molecule has 2 rings (SSSR count). The lowest BCUT2D eigenvalue weighted by Crippen LogP contribution is -2.41. The van der Waals surface area contributed by atoms with E-state index in [0.29, 0.717) is 17.1 Å². The minimum atomic E-state index is -0.262. The number of carbonyl (C=O) groups is 1.